The Morgan fingerprint density at radius 3 is 2.09 bits per heavy atom. The van der Waals surface area contributed by atoms with Gasteiger partial charge in [0.15, 0.2) is 0 Å². The van der Waals surface area contributed by atoms with Crippen molar-refractivity contribution in [1.82, 2.24) is 10.2 Å². The molecule has 1 aliphatic heterocycles. The average Bonchev–Trinajstić information content (AvgIpc) is 3.06. The Labute approximate surface area is 267 Å². The van der Waals surface area contributed by atoms with Gasteiger partial charge in [0.1, 0.15) is 11.9 Å². The van der Waals surface area contributed by atoms with Crippen molar-refractivity contribution in [1.29, 1.82) is 0 Å². The highest BCUT2D eigenvalue weighted by molar-refractivity contribution is 5.92. The number of halogens is 2. The van der Waals surface area contributed by atoms with E-state index in [1.54, 1.807) is 12.1 Å². The van der Waals surface area contributed by atoms with Crippen molar-refractivity contribution in [3.05, 3.63) is 114 Å². The van der Waals surface area contributed by atoms with Gasteiger partial charge in [-0.25, -0.2) is 4.79 Å². The molecule has 1 aliphatic rings. The van der Waals surface area contributed by atoms with Crippen molar-refractivity contribution in [2.45, 2.75) is 45.1 Å². The van der Waals surface area contributed by atoms with E-state index in [0.717, 1.165) is 41.0 Å². The number of nitrogens with one attached hydrogen (secondary N) is 3. The number of hydrogen-bond donors (Lipinski definition) is 3. The van der Waals surface area contributed by atoms with E-state index in [2.05, 4.69) is 25.6 Å². The zero-order valence-corrected chi connectivity index (χ0v) is 25.5. The smallest absolute Gasteiger partial charge is 0.411 e. The van der Waals surface area contributed by atoms with Gasteiger partial charge in [-0.15, -0.1) is 0 Å². The van der Waals surface area contributed by atoms with Gasteiger partial charge in [-0.2, -0.15) is 8.78 Å². The number of nitrogens with zero attached hydrogens (tertiary/aromatic N) is 1. The standard InChI is InChI=1S/C36H38F2N4O4/c37-35(38)45-30-16-12-27(13-17-30)25-39-24-26-10-14-29(15-11-26)40-34(43)20-23-42-21-18-31(19-22-42)46-36(44)41-33-9-5-4-8-32(33)28-6-2-1-3-7-28/h1-17,31,35,39H,18-25H2,(H,40,43)(H,41,44). The van der Waals surface area contributed by atoms with E-state index in [9.17, 15) is 18.4 Å². The minimum absolute atomic E-state index is 0.0556. The summed E-state index contributed by atoms with van der Waals surface area (Å²) in [5.41, 5.74) is 5.40. The van der Waals surface area contributed by atoms with E-state index >= 15 is 0 Å². The summed E-state index contributed by atoms with van der Waals surface area (Å²) < 4.78 is 34.7. The second-order valence-corrected chi connectivity index (χ2v) is 11.1. The van der Waals surface area contributed by atoms with Gasteiger partial charge in [-0.1, -0.05) is 72.8 Å². The van der Waals surface area contributed by atoms with Crippen LogP contribution >= 0.6 is 0 Å². The molecule has 240 valence electrons. The Hall–Kier alpha value is -4.80. The van der Waals surface area contributed by atoms with Crippen molar-refractivity contribution in [3.8, 4) is 16.9 Å². The molecule has 1 saturated heterocycles. The van der Waals surface area contributed by atoms with E-state index in [1.807, 2.05) is 78.9 Å². The summed E-state index contributed by atoms with van der Waals surface area (Å²) in [4.78, 5) is 27.5. The zero-order valence-electron chi connectivity index (χ0n) is 25.5. The van der Waals surface area contributed by atoms with Gasteiger partial charge in [0.25, 0.3) is 0 Å². The van der Waals surface area contributed by atoms with E-state index in [1.165, 1.54) is 12.1 Å². The molecule has 5 rings (SSSR count). The summed E-state index contributed by atoms with van der Waals surface area (Å²) in [7, 11) is 0. The van der Waals surface area contributed by atoms with Gasteiger partial charge in [0, 0.05) is 50.4 Å². The molecular formula is C36H38F2N4O4. The molecule has 0 radical (unpaired) electrons. The maximum absolute atomic E-state index is 12.7. The molecule has 4 aromatic carbocycles. The fourth-order valence-corrected chi connectivity index (χ4v) is 5.33. The molecule has 1 fully saturated rings. The summed E-state index contributed by atoms with van der Waals surface area (Å²) in [5.74, 6) is 0.0780. The maximum atomic E-state index is 12.7. The Bertz CT molecular complexity index is 1540. The predicted molar refractivity (Wildman–Crippen MR) is 175 cm³/mol. The summed E-state index contributed by atoms with van der Waals surface area (Å²) in [6, 6.07) is 31.7. The molecule has 0 aliphatic carbocycles. The molecule has 0 unspecified atom stereocenters. The zero-order chi connectivity index (χ0) is 32.1. The highest BCUT2D eigenvalue weighted by atomic mass is 19.3. The number of hydrogen-bond acceptors (Lipinski definition) is 6. The summed E-state index contributed by atoms with van der Waals surface area (Å²) in [6.07, 6.45) is 1.16. The molecule has 46 heavy (non-hydrogen) atoms. The SMILES string of the molecule is O=C(CCN1CCC(OC(=O)Nc2ccccc2-c2ccccc2)CC1)Nc1ccc(CNCc2ccc(OC(F)F)cc2)cc1. The van der Waals surface area contributed by atoms with Crippen LogP contribution in [-0.4, -0.2) is 49.3 Å². The fraction of sp³-hybridized carbons (Fsp3) is 0.278. The molecule has 0 aromatic heterocycles. The summed E-state index contributed by atoms with van der Waals surface area (Å²) in [6.45, 7) is 0.493. The van der Waals surface area contributed by atoms with Gasteiger partial charge in [-0.3, -0.25) is 10.1 Å². The lowest BCUT2D eigenvalue weighted by Crippen LogP contribution is -2.39. The van der Waals surface area contributed by atoms with Gasteiger partial charge >= 0.3 is 12.7 Å². The average molecular weight is 629 g/mol. The van der Waals surface area contributed by atoms with Crippen molar-refractivity contribution >= 4 is 23.4 Å². The molecule has 0 bridgehead atoms. The van der Waals surface area contributed by atoms with Gasteiger partial charge in [0.05, 0.1) is 5.69 Å². The van der Waals surface area contributed by atoms with Crippen LogP contribution in [-0.2, 0) is 22.6 Å². The van der Waals surface area contributed by atoms with E-state index in [0.29, 0.717) is 44.6 Å². The first-order chi connectivity index (χ1) is 22.4. The van der Waals surface area contributed by atoms with Gasteiger partial charge in [0.2, 0.25) is 5.91 Å². The first-order valence-electron chi connectivity index (χ1n) is 15.4. The monoisotopic (exact) mass is 628 g/mol. The van der Waals surface area contributed by atoms with Crippen LogP contribution in [0.1, 0.15) is 30.4 Å². The van der Waals surface area contributed by atoms with Crippen molar-refractivity contribution < 1.29 is 27.8 Å². The number of benzene rings is 4. The molecule has 1 heterocycles. The van der Waals surface area contributed by atoms with Crippen LogP contribution in [0.2, 0.25) is 0 Å². The normalized spacial score (nSPS) is 13.7. The van der Waals surface area contributed by atoms with Crippen molar-refractivity contribution in [2.24, 2.45) is 0 Å². The van der Waals surface area contributed by atoms with Crippen LogP contribution in [0.25, 0.3) is 11.1 Å². The van der Waals surface area contributed by atoms with Crippen LogP contribution in [0.3, 0.4) is 0 Å². The lowest BCUT2D eigenvalue weighted by Gasteiger charge is -2.31. The fourth-order valence-electron chi connectivity index (χ4n) is 5.33. The number of amides is 2. The minimum atomic E-state index is -2.83. The molecule has 0 spiro atoms. The first-order valence-corrected chi connectivity index (χ1v) is 15.4. The summed E-state index contributed by atoms with van der Waals surface area (Å²) >= 11 is 0. The van der Waals surface area contributed by atoms with E-state index < -0.39 is 12.7 Å². The van der Waals surface area contributed by atoms with E-state index in [-0.39, 0.29) is 17.8 Å². The number of rotatable bonds is 13. The second kappa shape index (κ2) is 16.5. The number of anilines is 2. The maximum Gasteiger partial charge on any atom is 0.411 e. The Balaban J connectivity index is 0.968. The van der Waals surface area contributed by atoms with Crippen LogP contribution in [0.5, 0.6) is 5.75 Å². The van der Waals surface area contributed by atoms with Crippen LogP contribution < -0.4 is 20.7 Å². The molecule has 10 heteroatoms. The third-order valence-corrected chi connectivity index (χ3v) is 7.76. The molecule has 0 saturated carbocycles. The van der Waals surface area contributed by atoms with E-state index in [4.69, 9.17) is 4.74 Å². The number of alkyl halides is 2. The molecule has 8 nitrogen and oxygen atoms in total. The van der Waals surface area contributed by atoms with Gasteiger partial charge < -0.3 is 25.0 Å². The Kier molecular flexibility index (Phi) is 11.7. The van der Waals surface area contributed by atoms with Crippen LogP contribution in [0.4, 0.5) is 25.0 Å². The third-order valence-electron chi connectivity index (χ3n) is 7.76. The minimum Gasteiger partial charge on any atom is -0.446 e. The first kappa shape index (κ1) is 32.6. The van der Waals surface area contributed by atoms with Crippen LogP contribution in [0, 0.1) is 0 Å². The number of para-hydroxylation sites is 1. The number of carbonyl (C=O) groups excluding carboxylic acids is 2. The second-order valence-electron chi connectivity index (χ2n) is 11.1. The molecule has 0 atom stereocenters. The largest absolute Gasteiger partial charge is 0.446 e. The quantitative estimate of drug-likeness (QED) is 0.144. The van der Waals surface area contributed by atoms with Crippen molar-refractivity contribution in [2.75, 3.05) is 30.3 Å². The third kappa shape index (κ3) is 10.1. The van der Waals surface area contributed by atoms with Crippen LogP contribution in [0.15, 0.2) is 103 Å². The number of carbonyl (C=O) groups is 2. The van der Waals surface area contributed by atoms with Gasteiger partial charge in [-0.05, 0) is 59.9 Å². The van der Waals surface area contributed by atoms with Crippen molar-refractivity contribution in [3.63, 3.8) is 0 Å². The lowest BCUT2D eigenvalue weighted by molar-refractivity contribution is -0.116. The Morgan fingerprint density at radius 1 is 0.783 bits per heavy atom. The highest BCUT2D eigenvalue weighted by Crippen LogP contribution is 2.28. The predicted octanol–water partition coefficient (Wildman–Crippen LogP) is 7.29. The highest BCUT2D eigenvalue weighted by Gasteiger charge is 2.23. The number of piperidine rings is 1. The molecule has 3 N–H and O–H groups in total. The topological polar surface area (TPSA) is 91.9 Å². The Morgan fingerprint density at radius 2 is 1.41 bits per heavy atom. The molecular weight excluding hydrogens is 590 g/mol. The lowest BCUT2D eigenvalue weighted by atomic mass is 10.0. The molecule has 2 amide bonds. The number of ether oxygens (including phenoxy) is 2. The molecule has 4 aromatic rings. The summed E-state index contributed by atoms with van der Waals surface area (Å²) in [5, 5.41) is 9.17. The number of likely N-dealkylation sites (tertiary alicyclic amines) is 1.